The maximum atomic E-state index is 13.0. The number of benzene rings is 2. The van der Waals surface area contributed by atoms with Crippen LogP contribution in [0.1, 0.15) is 50.4 Å². The number of rotatable bonds is 6. The molecule has 2 heterocycles. The molecule has 29 heavy (non-hydrogen) atoms. The minimum atomic E-state index is -0.0548. The predicted molar refractivity (Wildman–Crippen MR) is 118 cm³/mol. The van der Waals surface area contributed by atoms with E-state index in [0.29, 0.717) is 0 Å². The van der Waals surface area contributed by atoms with Crippen molar-refractivity contribution < 1.29 is 9.53 Å². The topological polar surface area (TPSA) is 57.4 Å². The highest BCUT2D eigenvalue weighted by molar-refractivity contribution is 5.91. The number of fused-ring (bicyclic) bond motifs is 3. The molecule has 5 heteroatoms. The maximum Gasteiger partial charge on any atom is 0.322 e. The zero-order valence-electron chi connectivity index (χ0n) is 17.2. The molecule has 0 bridgehead atoms. The van der Waals surface area contributed by atoms with Crippen molar-refractivity contribution in [2.24, 2.45) is 0 Å². The molecule has 1 unspecified atom stereocenters. The number of aromatic nitrogens is 1. The summed E-state index contributed by atoms with van der Waals surface area (Å²) in [5.74, 6) is 0.837. The van der Waals surface area contributed by atoms with Crippen LogP contribution in [0.15, 0.2) is 48.5 Å². The fourth-order valence-corrected chi connectivity index (χ4v) is 4.15. The van der Waals surface area contributed by atoms with Gasteiger partial charge in [0.05, 0.1) is 12.6 Å². The lowest BCUT2D eigenvalue weighted by Crippen LogP contribution is -2.42. The first-order valence-electron chi connectivity index (χ1n) is 10.6. The summed E-state index contributed by atoms with van der Waals surface area (Å²) in [6.45, 7) is 5.72. The van der Waals surface area contributed by atoms with E-state index in [9.17, 15) is 4.79 Å². The lowest BCUT2D eigenvalue weighted by Gasteiger charge is -2.35. The van der Waals surface area contributed by atoms with E-state index in [-0.39, 0.29) is 12.1 Å². The van der Waals surface area contributed by atoms with Crippen LogP contribution < -0.4 is 10.1 Å². The van der Waals surface area contributed by atoms with E-state index in [1.807, 2.05) is 35.2 Å². The van der Waals surface area contributed by atoms with E-state index in [4.69, 9.17) is 4.74 Å². The Bertz CT molecular complexity index is 977. The molecular formula is C24H29N3O2. The molecule has 4 rings (SSSR count). The van der Waals surface area contributed by atoms with Crippen LogP contribution in [0.25, 0.3) is 10.9 Å². The number of unbranched alkanes of at least 4 members (excludes halogenated alkanes) is 1. The summed E-state index contributed by atoms with van der Waals surface area (Å²) >= 11 is 0. The van der Waals surface area contributed by atoms with Crippen molar-refractivity contribution in [2.45, 2.75) is 45.6 Å². The summed E-state index contributed by atoms with van der Waals surface area (Å²) < 4.78 is 5.70. The molecule has 1 aromatic heterocycles. The van der Waals surface area contributed by atoms with Crippen molar-refractivity contribution in [2.75, 3.05) is 18.5 Å². The first kappa shape index (κ1) is 19.4. The molecule has 1 aliphatic rings. The molecule has 2 aromatic carbocycles. The van der Waals surface area contributed by atoms with Crippen LogP contribution in [0.2, 0.25) is 0 Å². The van der Waals surface area contributed by atoms with Gasteiger partial charge in [-0.05, 0) is 55.2 Å². The van der Waals surface area contributed by atoms with Gasteiger partial charge in [-0.25, -0.2) is 4.79 Å². The van der Waals surface area contributed by atoms with Gasteiger partial charge in [0.1, 0.15) is 5.75 Å². The van der Waals surface area contributed by atoms with Crippen molar-refractivity contribution in [3.05, 3.63) is 59.8 Å². The standard InChI is InChI=1S/C24H29N3O2/c1-3-5-16-29-18-12-10-17(11-13-18)25-24(28)27-15-14-20-19-8-6-7-9-21(19)26-23(20)22(27)4-2/h6-13,22,26H,3-5,14-16H2,1-2H3,(H,25,28). The molecule has 2 amide bonds. The zero-order chi connectivity index (χ0) is 20.2. The van der Waals surface area contributed by atoms with Crippen LogP contribution in [0.3, 0.4) is 0 Å². The van der Waals surface area contributed by atoms with Crippen LogP contribution in [0, 0.1) is 0 Å². The lowest BCUT2D eigenvalue weighted by atomic mass is 9.96. The van der Waals surface area contributed by atoms with E-state index in [2.05, 4.69) is 42.3 Å². The molecule has 2 N–H and O–H groups in total. The Kier molecular flexibility index (Phi) is 5.74. The van der Waals surface area contributed by atoms with Crippen LogP contribution in [-0.4, -0.2) is 29.1 Å². The number of para-hydroxylation sites is 1. The van der Waals surface area contributed by atoms with Crippen molar-refractivity contribution in [1.29, 1.82) is 0 Å². The van der Waals surface area contributed by atoms with Crippen LogP contribution >= 0.6 is 0 Å². The third-order valence-electron chi connectivity index (χ3n) is 5.68. The summed E-state index contributed by atoms with van der Waals surface area (Å²) in [4.78, 5) is 18.5. The Balaban J connectivity index is 1.47. The fraction of sp³-hybridized carbons (Fsp3) is 0.375. The minimum Gasteiger partial charge on any atom is -0.494 e. The number of aromatic amines is 1. The number of carbonyl (C=O) groups excluding carboxylic acids is 1. The molecule has 152 valence electrons. The van der Waals surface area contributed by atoms with Gasteiger partial charge in [0.15, 0.2) is 0 Å². The SMILES string of the molecule is CCCCOc1ccc(NC(=O)N2CCc3c([nH]c4ccccc34)C2CC)cc1. The van der Waals surface area contributed by atoms with Crippen molar-refractivity contribution in [1.82, 2.24) is 9.88 Å². The summed E-state index contributed by atoms with van der Waals surface area (Å²) in [6.07, 6.45) is 3.90. The molecule has 0 saturated carbocycles. The Labute approximate surface area is 172 Å². The first-order valence-corrected chi connectivity index (χ1v) is 10.6. The van der Waals surface area contributed by atoms with E-state index in [0.717, 1.165) is 55.8 Å². The number of H-pyrrole nitrogens is 1. The molecule has 3 aromatic rings. The average Bonchev–Trinajstić information content (AvgIpc) is 3.13. The van der Waals surface area contributed by atoms with E-state index < -0.39 is 0 Å². The molecule has 1 atom stereocenters. The summed E-state index contributed by atoms with van der Waals surface area (Å²) in [7, 11) is 0. The molecule has 5 nitrogen and oxygen atoms in total. The van der Waals surface area contributed by atoms with Gasteiger partial charge in [-0.1, -0.05) is 38.5 Å². The molecule has 1 aliphatic heterocycles. The number of carbonyl (C=O) groups is 1. The Morgan fingerprint density at radius 2 is 1.97 bits per heavy atom. The van der Waals surface area contributed by atoms with Gasteiger partial charge in [0, 0.05) is 28.8 Å². The second-order valence-electron chi connectivity index (χ2n) is 7.59. The third-order valence-corrected chi connectivity index (χ3v) is 5.68. The number of hydrogen-bond acceptors (Lipinski definition) is 2. The molecule has 0 radical (unpaired) electrons. The number of nitrogens with one attached hydrogen (secondary N) is 2. The minimum absolute atomic E-state index is 0.0548. The third kappa shape index (κ3) is 3.95. The highest BCUT2D eigenvalue weighted by atomic mass is 16.5. The van der Waals surface area contributed by atoms with Crippen LogP contribution in [-0.2, 0) is 6.42 Å². The Morgan fingerprint density at radius 3 is 2.72 bits per heavy atom. The van der Waals surface area contributed by atoms with Gasteiger partial charge >= 0.3 is 6.03 Å². The van der Waals surface area contributed by atoms with E-state index in [1.54, 1.807) is 0 Å². The zero-order valence-corrected chi connectivity index (χ0v) is 17.2. The van der Waals surface area contributed by atoms with Gasteiger partial charge in [-0.3, -0.25) is 0 Å². The van der Waals surface area contributed by atoms with Crippen molar-refractivity contribution in [3.63, 3.8) is 0 Å². The molecular weight excluding hydrogens is 362 g/mol. The van der Waals surface area contributed by atoms with Crippen LogP contribution in [0.5, 0.6) is 5.75 Å². The molecule has 0 spiro atoms. The summed E-state index contributed by atoms with van der Waals surface area (Å²) in [5, 5.41) is 4.33. The molecule has 0 aliphatic carbocycles. The van der Waals surface area contributed by atoms with Crippen LogP contribution in [0.4, 0.5) is 10.5 Å². The van der Waals surface area contributed by atoms with Crippen molar-refractivity contribution in [3.8, 4) is 5.75 Å². The number of amides is 2. The van der Waals surface area contributed by atoms with E-state index >= 15 is 0 Å². The van der Waals surface area contributed by atoms with Gasteiger partial charge in [0.2, 0.25) is 0 Å². The van der Waals surface area contributed by atoms with E-state index in [1.165, 1.54) is 16.6 Å². The Morgan fingerprint density at radius 1 is 1.17 bits per heavy atom. The highest BCUT2D eigenvalue weighted by Gasteiger charge is 2.32. The second kappa shape index (κ2) is 8.60. The lowest BCUT2D eigenvalue weighted by molar-refractivity contribution is 0.179. The van der Waals surface area contributed by atoms with Gasteiger partial charge in [-0.15, -0.1) is 0 Å². The number of ether oxygens (including phenoxy) is 1. The van der Waals surface area contributed by atoms with Gasteiger partial charge in [-0.2, -0.15) is 0 Å². The fourth-order valence-electron chi connectivity index (χ4n) is 4.15. The first-order chi connectivity index (χ1) is 14.2. The smallest absolute Gasteiger partial charge is 0.322 e. The van der Waals surface area contributed by atoms with Crippen molar-refractivity contribution >= 4 is 22.6 Å². The molecule has 0 saturated heterocycles. The number of urea groups is 1. The maximum absolute atomic E-state index is 13.0. The number of nitrogens with zero attached hydrogens (tertiary/aromatic N) is 1. The van der Waals surface area contributed by atoms with Gasteiger partial charge < -0.3 is 19.9 Å². The monoisotopic (exact) mass is 391 g/mol. The average molecular weight is 392 g/mol. The van der Waals surface area contributed by atoms with Gasteiger partial charge in [0.25, 0.3) is 0 Å². The largest absolute Gasteiger partial charge is 0.494 e. The molecule has 0 fully saturated rings. The highest BCUT2D eigenvalue weighted by Crippen LogP contribution is 2.36. The normalized spacial score (nSPS) is 15.9. The quantitative estimate of drug-likeness (QED) is 0.515. The number of anilines is 1. The summed E-state index contributed by atoms with van der Waals surface area (Å²) in [6, 6.07) is 16.0. The number of hydrogen-bond donors (Lipinski definition) is 2. The summed E-state index contributed by atoms with van der Waals surface area (Å²) in [5.41, 5.74) is 4.46. The Hall–Kier alpha value is -2.95. The predicted octanol–water partition coefficient (Wildman–Crippen LogP) is 5.89. The second-order valence-corrected chi connectivity index (χ2v) is 7.59.